The maximum absolute atomic E-state index is 10.5. The second-order valence-electron chi connectivity index (χ2n) is 5.41. The quantitative estimate of drug-likeness (QED) is 0.596. The van der Waals surface area contributed by atoms with Crippen molar-refractivity contribution < 1.29 is 9.47 Å². The third kappa shape index (κ3) is 4.76. The third-order valence-corrected chi connectivity index (χ3v) is 3.60. The van der Waals surface area contributed by atoms with E-state index in [0.717, 1.165) is 11.1 Å². The van der Waals surface area contributed by atoms with E-state index in [1.165, 1.54) is 0 Å². The first-order valence-electron chi connectivity index (χ1n) is 7.91. The van der Waals surface area contributed by atoms with Crippen LogP contribution < -0.4 is 9.47 Å². The first-order chi connectivity index (χ1) is 12.3. The average Bonchev–Trinajstić information content (AvgIpc) is 2.68. The maximum Gasteiger partial charge on any atom is 0.340 e. The molecule has 25 heavy (non-hydrogen) atoms. The Labute approximate surface area is 146 Å². The van der Waals surface area contributed by atoms with E-state index >= 15 is 0 Å². The molecule has 0 aliphatic rings. The third-order valence-electron chi connectivity index (χ3n) is 3.60. The minimum Gasteiger partial charge on any atom is -0.498 e. The summed E-state index contributed by atoms with van der Waals surface area (Å²) in [6.45, 7) is 0.841. The maximum atomic E-state index is 10.5. The Morgan fingerprint density at radius 3 is 1.96 bits per heavy atom. The van der Waals surface area contributed by atoms with E-state index in [4.69, 9.17) is 9.47 Å². The second kappa shape index (κ2) is 8.42. The molecule has 0 spiro atoms. The zero-order chi connectivity index (χ0) is 17.3. The molecule has 0 amide bonds. The Morgan fingerprint density at radius 2 is 1.36 bits per heavy atom. The molecule has 4 nitrogen and oxygen atoms in total. The van der Waals surface area contributed by atoms with Crippen LogP contribution in [0.25, 0.3) is 5.01 Å². The van der Waals surface area contributed by atoms with E-state index in [1.807, 2.05) is 60.7 Å². The van der Waals surface area contributed by atoms with Gasteiger partial charge in [0.15, 0.2) is 0 Å². The van der Waals surface area contributed by atoms with Crippen molar-refractivity contribution >= 4 is 0 Å². The van der Waals surface area contributed by atoms with Crippen LogP contribution in [0.4, 0.5) is 0 Å². The molecule has 3 rings (SSSR count). The molecule has 0 aliphatic heterocycles. The summed E-state index contributed by atoms with van der Waals surface area (Å²) < 4.78 is 11.6. The molecule has 3 aromatic carbocycles. The van der Waals surface area contributed by atoms with Gasteiger partial charge in [0.05, 0.1) is 0 Å². The Bertz CT molecular complexity index is 868. The van der Waals surface area contributed by atoms with E-state index < -0.39 is 0 Å². The first kappa shape index (κ1) is 16.4. The van der Waals surface area contributed by atoms with Gasteiger partial charge in [0, 0.05) is 11.1 Å². The summed E-state index contributed by atoms with van der Waals surface area (Å²) in [5.41, 5.74) is 2.60. The fourth-order valence-corrected chi connectivity index (χ4v) is 2.33. The smallest absolute Gasteiger partial charge is 0.340 e. The molecule has 0 heterocycles. The highest BCUT2D eigenvalue weighted by atomic mass is 16.5. The van der Waals surface area contributed by atoms with Crippen molar-refractivity contribution in [1.29, 1.82) is 0 Å². The van der Waals surface area contributed by atoms with E-state index in [0.29, 0.717) is 30.3 Å². The molecule has 124 valence electrons. The predicted octanol–water partition coefficient (Wildman–Crippen LogP) is 5.02. The number of rotatable bonds is 6. The molecule has 0 bridgehead atoms. The van der Waals surface area contributed by atoms with Gasteiger partial charge in [0.2, 0.25) is 0 Å². The number of benzene rings is 3. The van der Waals surface area contributed by atoms with Gasteiger partial charge in [-0.25, -0.2) is 0 Å². The normalized spacial score (nSPS) is 9.76. The summed E-state index contributed by atoms with van der Waals surface area (Å²) in [5.74, 6) is 1.16. The summed E-state index contributed by atoms with van der Waals surface area (Å²) in [6.07, 6.45) is 0. The molecule has 0 aromatic heterocycles. The molecule has 0 fully saturated rings. The van der Waals surface area contributed by atoms with Crippen LogP contribution in [0, 0.1) is 11.3 Å². The topological polar surface area (TPSA) is 45.9 Å². The van der Waals surface area contributed by atoms with Crippen LogP contribution in [0.1, 0.15) is 16.7 Å². The van der Waals surface area contributed by atoms with Gasteiger partial charge in [0.25, 0.3) is 0 Å². The molecule has 0 saturated heterocycles. The highest BCUT2D eigenvalue weighted by Gasteiger charge is 2.09. The van der Waals surface area contributed by atoms with Gasteiger partial charge in [-0.15, -0.1) is 0 Å². The summed E-state index contributed by atoms with van der Waals surface area (Å²) in [6, 6.07) is 27.3. The lowest BCUT2D eigenvalue weighted by Gasteiger charge is -2.10. The Balaban J connectivity index is 1.73. The van der Waals surface area contributed by atoms with E-state index in [9.17, 15) is 5.21 Å². The van der Waals surface area contributed by atoms with Gasteiger partial charge in [-0.3, -0.25) is 0 Å². The van der Waals surface area contributed by atoms with Crippen LogP contribution in [-0.2, 0) is 13.2 Å². The van der Waals surface area contributed by atoms with E-state index in [2.05, 4.69) is 11.1 Å². The van der Waals surface area contributed by atoms with Crippen LogP contribution in [0.3, 0.4) is 0 Å². The van der Waals surface area contributed by atoms with Crippen LogP contribution in [0.2, 0.25) is 0 Å². The summed E-state index contributed by atoms with van der Waals surface area (Å²) in [4.78, 5) is 0. The van der Waals surface area contributed by atoms with Crippen molar-refractivity contribution in [2.75, 3.05) is 0 Å². The van der Waals surface area contributed by atoms with Gasteiger partial charge in [-0.1, -0.05) is 60.7 Å². The number of nitrogens with zero attached hydrogens (tertiary/aromatic N) is 1. The highest BCUT2D eigenvalue weighted by molar-refractivity contribution is 5.49. The molecule has 0 N–H and O–H groups in total. The van der Waals surface area contributed by atoms with Crippen LogP contribution in [0.15, 0.2) is 78.9 Å². The average molecular weight is 331 g/mol. The minimum atomic E-state index is 0.385. The second-order valence-corrected chi connectivity index (χ2v) is 5.41. The molecule has 0 atom stereocenters. The molecule has 0 aliphatic carbocycles. The molecule has 0 saturated carbocycles. The Hall–Kier alpha value is -3.45. The zero-order valence-corrected chi connectivity index (χ0v) is 13.6. The SMILES string of the molecule is [O-][N+]#Cc1ccc(OCc2ccccc2)cc1OCc1ccccc1. The first-order valence-corrected chi connectivity index (χ1v) is 7.91. The number of hydrogen-bond donors (Lipinski definition) is 0. The van der Waals surface area contributed by atoms with Crippen LogP contribution >= 0.6 is 0 Å². The molecule has 0 unspecified atom stereocenters. The largest absolute Gasteiger partial charge is 0.498 e. The van der Waals surface area contributed by atoms with Crippen LogP contribution in [-0.4, -0.2) is 0 Å². The number of hydrogen-bond acceptors (Lipinski definition) is 3. The van der Waals surface area contributed by atoms with Crippen LogP contribution in [0.5, 0.6) is 11.5 Å². The summed E-state index contributed by atoms with van der Waals surface area (Å²) in [7, 11) is 0. The Kier molecular flexibility index (Phi) is 5.52. The van der Waals surface area contributed by atoms with Crippen molar-refractivity contribution in [1.82, 2.24) is 0 Å². The lowest BCUT2D eigenvalue weighted by molar-refractivity contribution is 0.289. The Morgan fingerprint density at radius 1 is 0.760 bits per heavy atom. The van der Waals surface area contributed by atoms with E-state index in [-0.39, 0.29) is 0 Å². The standard InChI is InChI=1S/C21H17NO3/c23-22-14-19-11-12-20(24-15-17-7-3-1-4-8-17)13-21(19)25-16-18-9-5-2-6-10-18/h1-13H,15-16H2. The predicted molar refractivity (Wildman–Crippen MR) is 97.7 cm³/mol. The summed E-state index contributed by atoms with van der Waals surface area (Å²) in [5, 5.41) is 13.3. The minimum absolute atomic E-state index is 0.385. The van der Waals surface area contributed by atoms with Gasteiger partial charge >= 0.3 is 6.07 Å². The van der Waals surface area contributed by atoms with Crippen molar-refractivity contribution in [2.45, 2.75) is 13.2 Å². The van der Waals surface area contributed by atoms with Crippen molar-refractivity contribution in [3.8, 4) is 17.6 Å². The fraction of sp³-hybridized carbons (Fsp3) is 0.0952. The fourth-order valence-electron chi connectivity index (χ4n) is 2.33. The highest BCUT2D eigenvalue weighted by Crippen LogP contribution is 2.26. The van der Waals surface area contributed by atoms with E-state index in [1.54, 1.807) is 18.2 Å². The lowest BCUT2D eigenvalue weighted by Crippen LogP contribution is -1.99. The lowest BCUT2D eigenvalue weighted by atomic mass is 10.2. The van der Waals surface area contributed by atoms with Crippen molar-refractivity contribution in [2.24, 2.45) is 0 Å². The van der Waals surface area contributed by atoms with Gasteiger partial charge < -0.3 is 14.7 Å². The molecular weight excluding hydrogens is 314 g/mol. The van der Waals surface area contributed by atoms with Gasteiger partial charge in [0.1, 0.15) is 30.3 Å². The van der Waals surface area contributed by atoms with Crippen molar-refractivity contribution in [3.05, 3.63) is 106 Å². The summed E-state index contributed by atoms with van der Waals surface area (Å²) >= 11 is 0. The van der Waals surface area contributed by atoms with Crippen molar-refractivity contribution in [3.63, 3.8) is 0 Å². The monoisotopic (exact) mass is 331 g/mol. The molecule has 0 radical (unpaired) electrons. The van der Waals surface area contributed by atoms with Gasteiger partial charge in [-0.2, -0.15) is 0 Å². The zero-order valence-electron chi connectivity index (χ0n) is 13.6. The number of ether oxygens (including phenoxy) is 2. The van der Waals surface area contributed by atoms with Gasteiger partial charge in [-0.05, 0) is 23.3 Å². The molecule has 3 aromatic rings. The molecular formula is C21H17NO3. The molecule has 4 heteroatoms.